The van der Waals surface area contributed by atoms with Crippen LogP contribution in [-0.4, -0.2) is 6.21 Å². The molecule has 0 saturated carbocycles. The van der Waals surface area contributed by atoms with E-state index in [4.69, 9.17) is 11.1 Å². The molecule has 1 aromatic heterocycles. The van der Waals surface area contributed by atoms with Gasteiger partial charge in [0.2, 0.25) is 0 Å². The predicted molar refractivity (Wildman–Crippen MR) is 79.6 cm³/mol. The lowest BCUT2D eigenvalue weighted by molar-refractivity contribution is 1.53. The molecule has 0 aliphatic heterocycles. The zero-order valence-corrected chi connectivity index (χ0v) is 10.5. The SMILES string of the molecule is N=Cc1cccc(-c2cccc3sccc23)c1N. The molecule has 0 spiro atoms. The summed E-state index contributed by atoms with van der Waals surface area (Å²) in [5.41, 5.74) is 9.71. The first-order chi connectivity index (χ1) is 8.81. The Morgan fingerprint density at radius 3 is 2.61 bits per heavy atom. The standard InChI is InChI=1S/C15H12N2S/c16-9-10-3-1-5-13(15(10)17)11-4-2-6-14-12(11)7-8-18-14/h1-9,16H,17H2. The van der Waals surface area contributed by atoms with Crippen LogP contribution in [0.1, 0.15) is 5.56 Å². The van der Waals surface area contributed by atoms with Crippen LogP contribution in [-0.2, 0) is 0 Å². The molecule has 2 nitrogen and oxygen atoms in total. The number of rotatable bonds is 2. The van der Waals surface area contributed by atoms with E-state index in [1.165, 1.54) is 16.3 Å². The van der Waals surface area contributed by atoms with Crippen LogP contribution in [0, 0.1) is 5.41 Å². The molecule has 0 aliphatic carbocycles. The molecule has 0 saturated heterocycles. The van der Waals surface area contributed by atoms with Crippen LogP contribution in [0.15, 0.2) is 47.8 Å². The number of nitrogen functional groups attached to an aromatic ring is 1. The highest BCUT2D eigenvalue weighted by Crippen LogP contribution is 2.35. The van der Waals surface area contributed by atoms with Gasteiger partial charge in [0.25, 0.3) is 0 Å². The number of nitrogens with one attached hydrogen (secondary N) is 1. The first-order valence-corrected chi connectivity index (χ1v) is 6.55. The van der Waals surface area contributed by atoms with Crippen molar-refractivity contribution in [3.8, 4) is 11.1 Å². The molecule has 3 heteroatoms. The van der Waals surface area contributed by atoms with Crippen LogP contribution >= 0.6 is 11.3 Å². The first-order valence-electron chi connectivity index (χ1n) is 5.67. The predicted octanol–water partition coefficient (Wildman–Crippen LogP) is 4.15. The minimum Gasteiger partial charge on any atom is -0.398 e. The van der Waals surface area contributed by atoms with Crippen LogP contribution < -0.4 is 5.73 Å². The van der Waals surface area contributed by atoms with E-state index in [0.717, 1.165) is 16.7 Å². The van der Waals surface area contributed by atoms with Gasteiger partial charge in [-0.15, -0.1) is 11.3 Å². The van der Waals surface area contributed by atoms with Crippen molar-refractivity contribution < 1.29 is 0 Å². The second kappa shape index (κ2) is 4.27. The number of fused-ring (bicyclic) bond motifs is 1. The highest BCUT2D eigenvalue weighted by Gasteiger charge is 2.09. The largest absolute Gasteiger partial charge is 0.398 e. The Balaban J connectivity index is 2.32. The van der Waals surface area contributed by atoms with Crippen LogP contribution in [0.2, 0.25) is 0 Å². The smallest absolute Gasteiger partial charge is 0.0482 e. The molecule has 0 fully saturated rings. The number of para-hydroxylation sites is 1. The summed E-state index contributed by atoms with van der Waals surface area (Å²) in [6.07, 6.45) is 1.30. The van der Waals surface area contributed by atoms with Gasteiger partial charge in [-0.05, 0) is 23.1 Å². The van der Waals surface area contributed by atoms with Crippen molar-refractivity contribution in [2.75, 3.05) is 5.73 Å². The lowest BCUT2D eigenvalue weighted by atomic mass is 9.98. The van der Waals surface area contributed by atoms with Gasteiger partial charge in [-0.25, -0.2) is 0 Å². The highest BCUT2D eigenvalue weighted by atomic mass is 32.1. The number of thiophene rings is 1. The first kappa shape index (κ1) is 11.0. The van der Waals surface area contributed by atoms with Gasteiger partial charge in [0.1, 0.15) is 0 Å². The Morgan fingerprint density at radius 2 is 1.78 bits per heavy atom. The van der Waals surface area contributed by atoms with Gasteiger partial charge in [-0.1, -0.05) is 30.3 Å². The number of hydrogen-bond acceptors (Lipinski definition) is 3. The van der Waals surface area contributed by atoms with Gasteiger partial charge in [0.05, 0.1) is 0 Å². The Hall–Kier alpha value is -2.13. The number of hydrogen-bond donors (Lipinski definition) is 2. The summed E-state index contributed by atoms with van der Waals surface area (Å²) in [6.45, 7) is 0. The van der Waals surface area contributed by atoms with Crippen molar-refractivity contribution in [3.63, 3.8) is 0 Å². The van der Waals surface area contributed by atoms with Gasteiger partial charge in [0, 0.05) is 33.1 Å². The molecule has 3 rings (SSSR count). The molecule has 0 unspecified atom stereocenters. The molecular weight excluding hydrogens is 240 g/mol. The average molecular weight is 252 g/mol. The maximum absolute atomic E-state index is 7.37. The molecule has 1 heterocycles. The van der Waals surface area contributed by atoms with Crippen molar-refractivity contribution >= 4 is 33.3 Å². The molecule has 88 valence electrons. The third-order valence-corrected chi connectivity index (χ3v) is 3.96. The lowest BCUT2D eigenvalue weighted by Gasteiger charge is -2.09. The topological polar surface area (TPSA) is 49.9 Å². The Bertz CT molecular complexity index is 728. The second-order valence-corrected chi connectivity index (χ2v) is 5.04. The molecule has 0 radical (unpaired) electrons. The molecule has 2 aromatic carbocycles. The van der Waals surface area contributed by atoms with Crippen LogP contribution in [0.25, 0.3) is 21.2 Å². The summed E-state index contributed by atoms with van der Waals surface area (Å²) >= 11 is 1.73. The number of anilines is 1. The second-order valence-electron chi connectivity index (χ2n) is 4.09. The summed E-state index contributed by atoms with van der Waals surface area (Å²) in [5.74, 6) is 0. The van der Waals surface area contributed by atoms with Crippen LogP contribution in [0.4, 0.5) is 5.69 Å². The van der Waals surface area contributed by atoms with Crippen LogP contribution in [0.5, 0.6) is 0 Å². The third kappa shape index (κ3) is 1.60. The Morgan fingerprint density at radius 1 is 1.00 bits per heavy atom. The molecule has 0 amide bonds. The van der Waals surface area contributed by atoms with Gasteiger partial charge in [-0.2, -0.15) is 0 Å². The van der Waals surface area contributed by atoms with Gasteiger partial charge >= 0.3 is 0 Å². The van der Waals surface area contributed by atoms with Crippen molar-refractivity contribution in [1.29, 1.82) is 5.41 Å². The van der Waals surface area contributed by atoms with Gasteiger partial charge in [0.15, 0.2) is 0 Å². The van der Waals surface area contributed by atoms with Crippen molar-refractivity contribution in [3.05, 3.63) is 53.4 Å². The number of nitrogens with two attached hydrogens (primary N) is 1. The van der Waals surface area contributed by atoms with Gasteiger partial charge < -0.3 is 11.1 Å². The van der Waals surface area contributed by atoms with E-state index in [1.807, 2.05) is 24.3 Å². The van der Waals surface area contributed by atoms with E-state index >= 15 is 0 Å². The molecule has 18 heavy (non-hydrogen) atoms. The average Bonchev–Trinajstić information content (AvgIpc) is 2.87. The quantitative estimate of drug-likeness (QED) is 0.522. The van der Waals surface area contributed by atoms with E-state index in [2.05, 4.69) is 23.6 Å². The van der Waals surface area contributed by atoms with E-state index < -0.39 is 0 Å². The molecule has 3 aromatic rings. The van der Waals surface area contributed by atoms with Gasteiger partial charge in [-0.3, -0.25) is 0 Å². The minimum absolute atomic E-state index is 0.672. The highest BCUT2D eigenvalue weighted by molar-refractivity contribution is 7.17. The Kier molecular flexibility index (Phi) is 2.61. The fraction of sp³-hybridized carbons (Fsp3) is 0. The molecule has 0 aliphatic rings. The number of benzene rings is 2. The molecule has 0 bridgehead atoms. The molecular formula is C15H12N2S. The summed E-state index contributed by atoms with van der Waals surface area (Å²) in [5, 5.41) is 10.7. The fourth-order valence-electron chi connectivity index (χ4n) is 2.17. The fourth-order valence-corrected chi connectivity index (χ4v) is 2.99. The maximum atomic E-state index is 7.37. The summed E-state index contributed by atoms with van der Waals surface area (Å²) in [6, 6.07) is 14.2. The van der Waals surface area contributed by atoms with E-state index in [9.17, 15) is 0 Å². The molecule has 3 N–H and O–H groups in total. The molecule has 0 atom stereocenters. The third-order valence-electron chi connectivity index (χ3n) is 3.08. The normalized spacial score (nSPS) is 10.7. The summed E-state index contributed by atoms with van der Waals surface area (Å²) < 4.78 is 1.26. The van der Waals surface area contributed by atoms with Crippen LogP contribution in [0.3, 0.4) is 0 Å². The van der Waals surface area contributed by atoms with E-state index in [0.29, 0.717) is 5.69 Å². The van der Waals surface area contributed by atoms with E-state index in [1.54, 1.807) is 11.3 Å². The summed E-state index contributed by atoms with van der Waals surface area (Å²) in [7, 11) is 0. The van der Waals surface area contributed by atoms with Crippen molar-refractivity contribution in [2.24, 2.45) is 0 Å². The maximum Gasteiger partial charge on any atom is 0.0482 e. The Labute approximate surface area is 109 Å². The monoisotopic (exact) mass is 252 g/mol. The lowest BCUT2D eigenvalue weighted by Crippen LogP contribution is -1.96. The van der Waals surface area contributed by atoms with E-state index in [-0.39, 0.29) is 0 Å². The summed E-state index contributed by atoms with van der Waals surface area (Å²) in [4.78, 5) is 0. The zero-order valence-electron chi connectivity index (χ0n) is 9.68. The van der Waals surface area contributed by atoms with Crippen molar-refractivity contribution in [2.45, 2.75) is 0 Å². The zero-order chi connectivity index (χ0) is 12.5. The van der Waals surface area contributed by atoms with Crippen molar-refractivity contribution in [1.82, 2.24) is 0 Å². The minimum atomic E-state index is 0.672.